The molecule has 118 valence electrons. The molecule has 0 saturated heterocycles. The molecule has 0 radical (unpaired) electrons. The second-order valence-electron chi connectivity index (χ2n) is 5.60. The minimum atomic E-state index is 0.425. The van der Waals surface area contributed by atoms with Crippen LogP contribution >= 0.6 is 0 Å². The largest absolute Gasteiger partial charge is 0.385 e. The number of benzene rings is 1. The van der Waals surface area contributed by atoms with Crippen molar-refractivity contribution < 1.29 is 9.47 Å². The van der Waals surface area contributed by atoms with Gasteiger partial charge in [-0.25, -0.2) is 0 Å². The first kappa shape index (κ1) is 16.4. The molecule has 1 aromatic carbocycles. The fraction of sp³-hybridized carbons (Fsp3) is 0.647. The van der Waals surface area contributed by atoms with E-state index in [1.807, 2.05) is 0 Å². The van der Waals surface area contributed by atoms with E-state index in [9.17, 15) is 0 Å². The Kier molecular flexibility index (Phi) is 7.16. The average Bonchev–Trinajstić information content (AvgIpc) is 2.53. The van der Waals surface area contributed by atoms with Crippen molar-refractivity contribution in [2.45, 2.75) is 18.9 Å². The standard InChI is InChI=1S/C17H28N2O2/c1-20-12-5-10-19(11-13-21-2)14-17-16-7-4-3-6-15(16)8-9-18-17/h3-4,6-7,17-18H,5,8-14H2,1-2H3. The zero-order valence-electron chi connectivity index (χ0n) is 13.3. The van der Waals surface area contributed by atoms with Gasteiger partial charge in [-0.15, -0.1) is 0 Å². The minimum Gasteiger partial charge on any atom is -0.385 e. The maximum absolute atomic E-state index is 5.24. The molecule has 1 aromatic rings. The summed E-state index contributed by atoms with van der Waals surface area (Å²) < 4.78 is 10.4. The Bertz CT molecular complexity index is 412. The number of nitrogens with one attached hydrogen (secondary N) is 1. The SMILES string of the molecule is COCCCN(CCOC)CC1NCCc2ccccc21. The lowest BCUT2D eigenvalue weighted by Crippen LogP contribution is -2.40. The number of ether oxygens (including phenoxy) is 2. The van der Waals surface area contributed by atoms with Crippen LogP contribution < -0.4 is 5.32 Å². The van der Waals surface area contributed by atoms with E-state index in [1.165, 1.54) is 11.1 Å². The van der Waals surface area contributed by atoms with E-state index in [0.717, 1.165) is 52.2 Å². The normalized spacial score (nSPS) is 18.0. The predicted octanol–water partition coefficient (Wildman–Crippen LogP) is 1.86. The zero-order chi connectivity index (χ0) is 14.9. The maximum Gasteiger partial charge on any atom is 0.0589 e. The summed E-state index contributed by atoms with van der Waals surface area (Å²) in [4.78, 5) is 2.47. The first-order valence-corrected chi connectivity index (χ1v) is 7.86. The van der Waals surface area contributed by atoms with Crippen molar-refractivity contribution in [2.75, 3.05) is 53.6 Å². The lowest BCUT2D eigenvalue weighted by molar-refractivity contribution is 0.125. The van der Waals surface area contributed by atoms with Crippen LogP contribution in [-0.2, 0) is 15.9 Å². The zero-order valence-corrected chi connectivity index (χ0v) is 13.3. The van der Waals surface area contributed by atoms with Crippen LogP contribution in [0.25, 0.3) is 0 Å². The van der Waals surface area contributed by atoms with Gasteiger partial charge >= 0.3 is 0 Å². The molecule has 0 amide bonds. The fourth-order valence-electron chi connectivity index (χ4n) is 2.96. The fourth-order valence-corrected chi connectivity index (χ4v) is 2.96. The quantitative estimate of drug-likeness (QED) is 0.704. The van der Waals surface area contributed by atoms with Gasteiger partial charge in [-0.3, -0.25) is 4.90 Å². The molecule has 0 fully saturated rings. The summed E-state index contributed by atoms with van der Waals surface area (Å²) in [6, 6.07) is 9.23. The van der Waals surface area contributed by atoms with E-state index >= 15 is 0 Å². The molecular formula is C17H28N2O2. The Morgan fingerprint density at radius 2 is 1.95 bits per heavy atom. The van der Waals surface area contributed by atoms with Gasteiger partial charge in [0, 0.05) is 46.5 Å². The van der Waals surface area contributed by atoms with Crippen LogP contribution in [0.4, 0.5) is 0 Å². The molecule has 21 heavy (non-hydrogen) atoms. The topological polar surface area (TPSA) is 33.7 Å². The van der Waals surface area contributed by atoms with Crippen LogP contribution in [0, 0.1) is 0 Å². The second-order valence-corrected chi connectivity index (χ2v) is 5.60. The summed E-state index contributed by atoms with van der Waals surface area (Å²) in [6.45, 7) is 5.72. The first-order valence-electron chi connectivity index (χ1n) is 7.86. The average molecular weight is 292 g/mol. The third-order valence-electron chi connectivity index (χ3n) is 4.09. The monoisotopic (exact) mass is 292 g/mol. The Balaban J connectivity index is 1.95. The number of hydrogen-bond acceptors (Lipinski definition) is 4. The Labute approximate surface area is 128 Å². The van der Waals surface area contributed by atoms with E-state index in [2.05, 4.69) is 34.5 Å². The van der Waals surface area contributed by atoms with Crippen LogP contribution in [0.3, 0.4) is 0 Å². The maximum atomic E-state index is 5.24. The van der Waals surface area contributed by atoms with Gasteiger partial charge in [-0.2, -0.15) is 0 Å². The third-order valence-corrected chi connectivity index (χ3v) is 4.09. The lowest BCUT2D eigenvalue weighted by Gasteiger charge is -2.32. The highest BCUT2D eigenvalue weighted by Gasteiger charge is 2.21. The highest BCUT2D eigenvalue weighted by atomic mass is 16.5. The molecule has 2 rings (SSSR count). The van der Waals surface area contributed by atoms with Crippen LogP contribution in [0.1, 0.15) is 23.6 Å². The van der Waals surface area contributed by atoms with Crippen molar-refractivity contribution in [2.24, 2.45) is 0 Å². The van der Waals surface area contributed by atoms with Crippen molar-refractivity contribution in [3.63, 3.8) is 0 Å². The molecular weight excluding hydrogens is 264 g/mol. The molecule has 1 aliphatic heterocycles. The van der Waals surface area contributed by atoms with E-state index in [1.54, 1.807) is 14.2 Å². The molecule has 1 unspecified atom stereocenters. The van der Waals surface area contributed by atoms with Gasteiger partial charge in [0.05, 0.1) is 6.61 Å². The van der Waals surface area contributed by atoms with Crippen LogP contribution in [0.15, 0.2) is 24.3 Å². The van der Waals surface area contributed by atoms with Gasteiger partial charge in [0.15, 0.2) is 0 Å². The van der Waals surface area contributed by atoms with Gasteiger partial charge in [0.2, 0.25) is 0 Å². The molecule has 0 aliphatic carbocycles. The molecule has 0 saturated carbocycles. The minimum absolute atomic E-state index is 0.425. The van der Waals surface area contributed by atoms with Crippen molar-refractivity contribution in [3.8, 4) is 0 Å². The summed E-state index contributed by atoms with van der Waals surface area (Å²) in [5, 5.41) is 3.66. The van der Waals surface area contributed by atoms with Crippen molar-refractivity contribution in [1.29, 1.82) is 0 Å². The van der Waals surface area contributed by atoms with E-state index < -0.39 is 0 Å². The van der Waals surface area contributed by atoms with Crippen molar-refractivity contribution in [3.05, 3.63) is 35.4 Å². The predicted molar refractivity (Wildman–Crippen MR) is 85.7 cm³/mol. The Morgan fingerprint density at radius 1 is 1.14 bits per heavy atom. The van der Waals surface area contributed by atoms with Gasteiger partial charge in [0.25, 0.3) is 0 Å². The summed E-state index contributed by atoms with van der Waals surface area (Å²) in [5.74, 6) is 0. The molecule has 1 N–H and O–H groups in total. The molecule has 4 heteroatoms. The second kappa shape index (κ2) is 9.15. The summed E-state index contributed by atoms with van der Waals surface area (Å²) in [5.41, 5.74) is 2.95. The van der Waals surface area contributed by atoms with Gasteiger partial charge in [-0.1, -0.05) is 24.3 Å². The number of rotatable bonds is 9. The van der Waals surface area contributed by atoms with Gasteiger partial charge in [0.1, 0.15) is 0 Å². The summed E-state index contributed by atoms with van der Waals surface area (Å²) in [7, 11) is 3.53. The van der Waals surface area contributed by atoms with Crippen LogP contribution in [-0.4, -0.2) is 58.5 Å². The number of methoxy groups -OCH3 is 2. The molecule has 4 nitrogen and oxygen atoms in total. The molecule has 0 aromatic heterocycles. The van der Waals surface area contributed by atoms with E-state index in [4.69, 9.17) is 9.47 Å². The molecule has 1 heterocycles. The molecule has 1 atom stereocenters. The summed E-state index contributed by atoms with van der Waals surface area (Å²) >= 11 is 0. The molecule has 0 spiro atoms. The van der Waals surface area contributed by atoms with E-state index in [-0.39, 0.29) is 0 Å². The van der Waals surface area contributed by atoms with Crippen molar-refractivity contribution in [1.82, 2.24) is 10.2 Å². The van der Waals surface area contributed by atoms with Gasteiger partial charge in [-0.05, 0) is 30.5 Å². The Hall–Kier alpha value is -0.940. The first-order chi connectivity index (χ1) is 10.3. The highest BCUT2D eigenvalue weighted by Crippen LogP contribution is 2.23. The van der Waals surface area contributed by atoms with Crippen molar-refractivity contribution >= 4 is 0 Å². The van der Waals surface area contributed by atoms with E-state index in [0.29, 0.717) is 6.04 Å². The van der Waals surface area contributed by atoms with Crippen LogP contribution in [0.2, 0.25) is 0 Å². The third kappa shape index (κ3) is 5.08. The number of nitrogens with zero attached hydrogens (tertiary/aromatic N) is 1. The lowest BCUT2D eigenvalue weighted by atomic mass is 9.94. The Morgan fingerprint density at radius 3 is 2.76 bits per heavy atom. The molecule has 0 bridgehead atoms. The molecule has 1 aliphatic rings. The van der Waals surface area contributed by atoms with Gasteiger partial charge < -0.3 is 14.8 Å². The highest BCUT2D eigenvalue weighted by molar-refractivity contribution is 5.32. The number of fused-ring (bicyclic) bond motifs is 1. The van der Waals surface area contributed by atoms with Crippen LogP contribution in [0.5, 0.6) is 0 Å². The summed E-state index contributed by atoms with van der Waals surface area (Å²) in [6.07, 6.45) is 2.20. The number of hydrogen-bond donors (Lipinski definition) is 1. The smallest absolute Gasteiger partial charge is 0.0589 e.